The summed E-state index contributed by atoms with van der Waals surface area (Å²) >= 11 is 0. The van der Waals surface area contributed by atoms with E-state index >= 15 is 0 Å². The van der Waals surface area contributed by atoms with Crippen LogP contribution in [0.3, 0.4) is 0 Å². The van der Waals surface area contributed by atoms with Crippen molar-refractivity contribution in [1.29, 1.82) is 0 Å². The second kappa shape index (κ2) is 5.17. The van der Waals surface area contributed by atoms with Crippen LogP contribution in [0, 0.1) is 11.3 Å². The highest BCUT2D eigenvalue weighted by molar-refractivity contribution is 4.85. The van der Waals surface area contributed by atoms with Crippen LogP contribution in [0.25, 0.3) is 0 Å². The molecule has 1 unspecified atom stereocenters. The number of hydrogen-bond donors (Lipinski definition) is 1. The minimum atomic E-state index is -4.00. The summed E-state index contributed by atoms with van der Waals surface area (Å²) in [6, 6.07) is 0.581. The molecule has 17 heavy (non-hydrogen) atoms. The van der Waals surface area contributed by atoms with Gasteiger partial charge in [-0.2, -0.15) is 13.2 Å². The van der Waals surface area contributed by atoms with Gasteiger partial charge in [0.2, 0.25) is 0 Å². The Morgan fingerprint density at radius 2 is 1.47 bits per heavy atom. The standard InChI is InChI=1S/C13H24F3N/c1-9(12(2,3)4)17-11-7-5-10(6-8-11)13(14,15)16/h9-11,17H,5-8H2,1-4H3. The van der Waals surface area contributed by atoms with Crippen molar-refractivity contribution in [2.45, 2.75) is 71.6 Å². The summed E-state index contributed by atoms with van der Waals surface area (Å²) in [5.74, 6) is -1.08. The maximum atomic E-state index is 12.5. The molecule has 1 rings (SSSR count). The smallest absolute Gasteiger partial charge is 0.311 e. The lowest BCUT2D eigenvalue weighted by Gasteiger charge is -2.36. The quantitative estimate of drug-likeness (QED) is 0.778. The maximum Gasteiger partial charge on any atom is 0.391 e. The number of rotatable bonds is 2. The van der Waals surface area contributed by atoms with Gasteiger partial charge >= 0.3 is 6.18 Å². The van der Waals surface area contributed by atoms with E-state index in [1.54, 1.807) is 0 Å². The minimum absolute atomic E-state index is 0.154. The number of halogens is 3. The molecule has 0 saturated heterocycles. The van der Waals surface area contributed by atoms with Crippen molar-refractivity contribution >= 4 is 0 Å². The van der Waals surface area contributed by atoms with E-state index in [-0.39, 0.29) is 24.3 Å². The number of hydrogen-bond acceptors (Lipinski definition) is 1. The summed E-state index contributed by atoms with van der Waals surface area (Å²) in [5, 5.41) is 3.46. The molecule has 1 saturated carbocycles. The molecule has 1 fully saturated rings. The lowest BCUT2D eigenvalue weighted by Crippen LogP contribution is -2.46. The van der Waals surface area contributed by atoms with E-state index in [2.05, 4.69) is 33.0 Å². The van der Waals surface area contributed by atoms with E-state index in [1.807, 2.05) is 0 Å². The zero-order valence-corrected chi connectivity index (χ0v) is 11.2. The van der Waals surface area contributed by atoms with Crippen LogP contribution in [0.2, 0.25) is 0 Å². The van der Waals surface area contributed by atoms with Gasteiger partial charge in [0.25, 0.3) is 0 Å². The molecule has 102 valence electrons. The average molecular weight is 251 g/mol. The molecule has 1 atom stereocenters. The van der Waals surface area contributed by atoms with Crippen LogP contribution in [0.1, 0.15) is 53.4 Å². The van der Waals surface area contributed by atoms with E-state index in [4.69, 9.17) is 0 Å². The van der Waals surface area contributed by atoms with E-state index < -0.39 is 12.1 Å². The van der Waals surface area contributed by atoms with Crippen LogP contribution < -0.4 is 5.32 Å². The lowest BCUT2D eigenvalue weighted by atomic mass is 9.83. The second-order valence-corrected chi connectivity index (χ2v) is 6.34. The highest BCUT2D eigenvalue weighted by Gasteiger charge is 2.41. The van der Waals surface area contributed by atoms with E-state index in [0.717, 1.165) is 0 Å². The third kappa shape index (κ3) is 4.49. The first-order chi connectivity index (χ1) is 7.60. The van der Waals surface area contributed by atoms with Crippen LogP contribution >= 0.6 is 0 Å². The highest BCUT2D eigenvalue weighted by atomic mass is 19.4. The summed E-state index contributed by atoms with van der Waals surface area (Å²) in [5.41, 5.74) is 0.154. The van der Waals surface area contributed by atoms with Gasteiger partial charge in [-0.25, -0.2) is 0 Å². The minimum Gasteiger partial charge on any atom is -0.311 e. The number of alkyl halides is 3. The Morgan fingerprint density at radius 3 is 1.82 bits per heavy atom. The summed E-state index contributed by atoms with van der Waals surface area (Å²) < 4.78 is 37.5. The summed E-state index contributed by atoms with van der Waals surface area (Å²) in [7, 11) is 0. The van der Waals surface area contributed by atoms with Crippen LogP contribution in [-0.2, 0) is 0 Å². The molecule has 0 aromatic heterocycles. The SMILES string of the molecule is CC(NC1CCC(C(F)(F)F)CC1)C(C)(C)C. The Bertz CT molecular complexity index is 234. The lowest BCUT2D eigenvalue weighted by molar-refractivity contribution is -0.182. The predicted octanol–water partition coefficient (Wildman–Crippen LogP) is 4.13. The maximum absolute atomic E-state index is 12.5. The molecule has 0 aromatic rings. The third-order valence-corrected chi connectivity index (χ3v) is 3.97. The van der Waals surface area contributed by atoms with Crippen LogP contribution in [0.4, 0.5) is 13.2 Å². The van der Waals surface area contributed by atoms with Gasteiger partial charge in [0, 0.05) is 12.1 Å². The van der Waals surface area contributed by atoms with E-state index in [9.17, 15) is 13.2 Å². The molecule has 0 aliphatic heterocycles. The molecular weight excluding hydrogens is 227 g/mol. The Balaban J connectivity index is 2.38. The monoisotopic (exact) mass is 251 g/mol. The zero-order valence-electron chi connectivity index (χ0n) is 11.2. The Morgan fingerprint density at radius 1 is 1.00 bits per heavy atom. The molecular formula is C13H24F3N. The molecule has 0 heterocycles. The Hall–Kier alpha value is -0.250. The summed E-state index contributed by atoms with van der Waals surface area (Å²) in [6.07, 6.45) is -2.16. The molecule has 1 aliphatic rings. The van der Waals surface area contributed by atoms with Gasteiger partial charge in [-0.3, -0.25) is 0 Å². The number of nitrogens with one attached hydrogen (secondary N) is 1. The highest BCUT2D eigenvalue weighted by Crippen LogP contribution is 2.37. The fourth-order valence-corrected chi connectivity index (χ4v) is 2.19. The first-order valence-corrected chi connectivity index (χ1v) is 6.43. The van der Waals surface area contributed by atoms with E-state index in [0.29, 0.717) is 18.9 Å². The van der Waals surface area contributed by atoms with Crippen molar-refractivity contribution in [3.63, 3.8) is 0 Å². The predicted molar refractivity (Wildman–Crippen MR) is 63.9 cm³/mol. The van der Waals surface area contributed by atoms with Crippen molar-refractivity contribution in [3.05, 3.63) is 0 Å². The largest absolute Gasteiger partial charge is 0.391 e. The molecule has 0 radical (unpaired) electrons. The van der Waals surface area contributed by atoms with E-state index in [1.165, 1.54) is 0 Å². The molecule has 0 aromatic carbocycles. The fourth-order valence-electron chi connectivity index (χ4n) is 2.19. The Labute approximate surface area is 102 Å². The molecule has 4 heteroatoms. The second-order valence-electron chi connectivity index (χ2n) is 6.34. The van der Waals surface area contributed by atoms with Crippen molar-refractivity contribution in [2.24, 2.45) is 11.3 Å². The fraction of sp³-hybridized carbons (Fsp3) is 1.00. The van der Waals surface area contributed by atoms with Gasteiger partial charge in [0.1, 0.15) is 0 Å². The van der Waals surface area contributed by atoms with Gasteiger partial charge in [0.15, 0.2) is 0 Å². The Kier molecular flexibility index (Phi) is 4.50. The normalized spacial score (nSPS) is 29.1. The summed E-state index contributed by atoms with van der Waals surface area (Å²) in [4.78, 5) is 0. The van der Waals surface area contributed by atoms with Crippen LogP contribution in [-0.4, -0.2) is 18.3 Å². The van der Waals surface area contributed by atoms with Gasteiger partial charge in [-0.05, 0) is 38.0 Å². The van der Waals surface area contributed by atoms with Crippen LogP contribution in [0.5, 0.6) is 0 Å². The average Bonchev–Trinajstić information content (AvgIpc) is 2.15. The van der Waals surface area contributed by atoms with Crippen LogP contribution in [0.15, 0.2) is 0 Å². The van der Waals surface area contributed by atoms with Gasteiger partial charge in [-0.15, -0.1) is 0 Å². The van der Waals surface area contributed by atoms with Crippen molar-refractivity contribution in [2.75, 3.05) is 0 Å². The zero-order chi connectivity index (χ0) is 13.3. The first-order valence-electron chi connectivity index (χ1n) is 6.43. The first kappa shape index (κ1) is 14.8. The van der Waals surface area contributed by atoms with Gasteiger partial charge in [0.05, 0.1) is 5.92 Å². The molecule has 1 N–H and O–H groups in total. The van der Waals surface area contributed by atoms with Crippen molar-refractivity contribution in [1.82, 2.24) is 5.32 Å². The third-order valence-electron chi connectivity index (χ3n) is 3.97. The summed E-state index contributed by atoms with van der Waals surface area (Å²) in [6.45, 7) is 8.54. The molecule has 0 spiro atoms. The molecule has 1 aliphatic carbocycles. The van der Waals surface area contributed by atoms with Crippen molar-refractivity contribution < 1.29 is 13.2 Å². The van der Waals surface area contributed by atoms with Gasteiger partial charge < -0.3 is 5.32 Å². The van der Waals surface area contributed by atoms with Crippen molar-refractivity contribution in [3.8, 4) is 0 Å². The molecule has 0 bridgehead atoms. The molecule has 1 nitrogen and oxygen atoms in total. The molecule has 0 amide bonds. The topological polar surface area (TPSA) is 12.0 Å². The van der Waals surface area contributed by atoms with Gasteiger partial charge in [-0.1, -0.05) is 20.8 Å².